The lowest BCUT2D eigenvalue weighted by Crippen LogP contribution is -2.20. The summed E-state index contributed by atoms with van der Waals surface area (Å²) in [5.74, 6) is -9.39. The minimum atomic E-state index is -1.92. The molecule has 3 rings (SSSR count). The highest BCUT2D eigenvalue weighted by molar-refractivity contribution is 5.93. The number of rotatable bonds is 2. The van der Waals surface area contributed by atoms with Crippen LogP contribution in [0.25, 0.3) is 16.6 Å². The minimum Gasteiger partial charge on any atom is -0.477 e. The first-order valence-electron chi connectivity index (χ1n) is 6.64. The fraction of sp³-hybridized carbons (Fsp3) is 0. The van der Waals surface area contributed by atoms with E-state index in [0.717, 1.165) is 12.1 Å². The van der Waals surface area contributed by atoms with Gasteiger partial charge in [0.1, 0.15) is 17.2 Å². The van der Waals surface area contributed by atoms with Crippen molar-refractivity contribution in [1.29, 1.82) is 0 Å². The Hall–Kier alpha value is -3.23. The number of hydrogen-bond donors (Lipinski definition) is 1. The standard InChI is InChI=1S/C16H6F5NO3/c17-6-1-2-11(9(18)3-6)22-5-8(16(24)25)15(23)7-4-10(19)12(20)13(21)14(7)22/h1-5H,(H,24,25). The van der Waals surface area contributed by atoms with Crippen LogP contribution in [0.2, 0.25) is 0 Å². The van der Waals surface area contributed by atoms with Crippen LogP contribution in [0, 0.1) is 29.1 Å². The van der Waals surface area contributed by atoms with Gasteiger partial charge in [0.25, 0.3) is 0 Å². The second-order valence-electron chi connectivity index (χ2n) is 5.03. The van der Waals surface area contributed by atoms with Crippen LogP contribution in [-0.4, -0.2) is 15.6 Å². The first-order valence-corrected chi connectivity index (χ1v) is 6.64. The molecule has 3 aromatic rings. The van der Waals surface area contributed by atoms with E-state index < -0.39 is 62.6 Å². The second-order valence-corrected chi connectivity index (χ2v) is 5.03. The number of hydrogen-bond acceptors (Lipinski definition) is 2. The molecule has 0 saturated heterocycles. The van der Waals surface area contributed by atoms with Gasteiger partial charge in [-0.15, -0.1) is 0 Å². The zero-order valence-corrected chi connectivity index (χ0v) is 12.0. The summed E-state index contributed by atoms with van der Waals surface area (Å²) in [5.41, 5.74) is -3.64. The summed E-state index contributed by atoms with van der Waals surface area (Å²) in [6, 6.07) is 2.37. The van der Waals surface area contributed by atoms with Crippen molar-refractivity contribution in [3.8, 4) is 5.69 Å². The number of aromatic nitrogens is 1. The van der Waals surface area contributed by atoms with Gasteiger partial charge in [-0.2, -0.15) is 0 Å². The van der Waals surface area contributed by atoms with Gasteiger partial charge >= 0.3 is 5.97 Å². The number of carboxylic acids is 1. The van der Waals surface area contributed by atoms with Gasteiger partial charge in [-0.3, -0.25) is 4.79 Å². The van der Waals surface area contributed by atoms with Crippen LogP contribution in [0.4, 0.5) is 22.0 Å². The average molecular weight is 355 g/mol. The highest BCUT2D eigenvalue weighted by Gasteiger charge is 2.23. The molecule has 0 radical (unpaired) electrons. The summed E-state index contributed by atoms with van der Waals surface area (Å²) in [7, 11) is 0. The Morgan fingerprint density at radius 3 is 2.24 bits per heavy atom. The molecule has 1 heterocycles. The molecule has 0 bridgehead atoms. The lowest BCUT2D eigenvalue weighted by Gasteiger charge is -2.14. The third-order valence-electron chi connectivity index (χ3n) is 3.52. The van der Waals surface area contributed by atoms with Gasteiger partial charge in [-0.25, -0.2) is 26.7 Å². The van der Waals surface area contributed by atoms with E-state index in [1.165, 1.54) is 0 Å². The number of carboxylic acid groups (broad SMARTS) is 1. The molecule has 0 unspecified atom stereocenters. The molecular weight excluding hydrogens is 349 g/mol. The highest BCUT2D eigenvalue weighted by atomic mass is 19.2. The quantitative estimate of drug-likeness (QED) is 0.566. The van der Waals surface area contributed by atoms with Crippen LogP contribution in [0.5, 0.6) is 0 Å². The van der Waals surface area contributed by atoms with E-state index in [9.17, 15) is 31.5 Å². The van der Waals surface area contributed by atoms with Crippen molar-refractivity contribution in [2.45, 2.75) is 0 Å². The Morgan fingerprint density at radius 2 is 1.64 bits per heavy atom. The van der Waals surface area contributed by atoms with Gasteiger partial charge in [0.2, 0.25) is 5.43 Å². The molecule has 4 nitrogen and oxygen atoms in total. The first kappa shape index (κ1) is 16.6. The molecule has 0 spiro atoms. The number of halogens is 5. The Kier molecular flexibility index (Phi) is 3.78. The molecule has 0 amide bonds. The molecule has 0 aliphatic heterocycles. The minimum absolute atomic E-state index is 0.320. The summed E-state index contributed by atoms with van der Waals surface area (Å²) in [6.07, 6.45) is 0.559. The molecule has 9 heteroatoms. The molecule has 1 aromatic heterocycles. The van der Waals surface area contributed by atoms with Crippen LogP contribution in [-0.2, 0) is 0 Å². The molecule has 0 fully saturated rings. The highest BCUT2D eigenvalue weighted by Crippen LogP contribution is 2.26. The fourth-order valence-corrected chi connectivity index (χ4v) is 2.41. The maximum atomic E-state index is 14.2. The maximum absolute atomic E-state index is 14.2. The van der Waals surface area contributed by atoms with Crippen LogP contribution >= 0.6 is 0 Å². The number of pyridine rings is 1. The third kappa shape index (κ3) is 2.53. The lowest BCUT2D eigenvalue weighted by atomic mass is 10.1. The van der Waals surface area contributed by atoms with Crippen LogP contribution in [0.1, 0.15) is 10.4 Å². The van der Waals surface area contributed by atoms with E-state index >= 15 is 0 Å². The van der Waals surface area contributed by atoms with Crippen molar-refractivity contribution in [1.82, 2.24) is 4.57 Å². The van der Waals surface area contributed by atoms with Gasteiger partial charge in [0.15, 0.2) is 17.5 Å². The van der Waals surface area contributed by atoms with E-state index in [0.29, 0.717) is 22.9 Å². The van der Waals surface area contributed by atoms with Crippen molar-refractivity contribution in [2.24, 2.45) is 0 Å². The maximum Gasteiger partial charge on any atom is 0.341 e. The lowest BCUT2D eigenvalue weighted by molar-refractivity contribution is 0.0695. The van der Waals surface area contributed by atoms with Crippen LogP contribution in [0.15, 0.2) is 35.3 Å². The van der Waals surface area contributed by atoms with Crippen molar-refractivity contribution in [3.63, 3.8) is 0 Å². The Morgan fingerprint density at radius 1 is 0.960 bits per heavy atom. The third-order valence-corrected chi connectivity index (χ3v) is 3.52. The van der Waals surface area contributed by atoms with Gasteiger partial charge in [-0.05, 0) is 18.2 Å². The topological polar surface area (TPSA) is 59.3 Å². The molecular formula is C16H6F5NO3. The summed E-state index contributed by atoms with van der Waals surface area (Å²) < 4.78 is 68.9. The van der Waals surface area contributed by atoms with Gasteiger partial charge < -0.3 is 9.67 Å². The van der Waals surface area contributed by atoms with E-state index in [1.54, 1.807) is 0 Å². The Labute approximate surface area is 135 Å². The molecule has 2 aromatic carbocycles. The predicted molar refractivity (Wildman–Crippen MR) is 76.3 cm³/mol. The SMILES string of the molecule is O=C(O)c1cn(-c2ccc(F)cc2F)c2c(F)c(F)c(F)cc2c1=O. The second kappa shape index (κ2) is 5.69. The summed E-state index contributed by atoms with van der Waals surface area (Å²) in [4.78, 5) is 23.3. The molecule has 0 aliphatic carbocycles. The first-order chi connectivity index (χ1) is 11.7. The largest absolute Gasteiger partial charge is 0.477 e. The predicted octanol–water partition coefficient (Wildman–Crippen LogP) is 3.38. The zero-order chi connectivity index (χ0) is 18.5. The van der Waals surface area contributed by atoms with Crippen LogP contribution < -0.4 is 5.43 Å². The van der Waals surface area contributed by atoms with Gasteiger partial charge in [0.05, 0.1) is 16.6 Å². The fourth-order valence-electron chi connectivity index (χ4n) is 2.41. The van der Waals surface area contributed by atoms with Crippen molar-refractivity contribution in [2.75, 3.05) is 0 Å². The van der Waals surface area contributed by atoms with Gasteiger partial charge in [0, 0.05) is 12.3 Å². The summed E-state index contributed by atoms with van der Waals surface area (Å²) in [6.45, 7) is 0. The molecule has 0 atom stereocenters. The monoisotopic (exact) mass is 355 g/mol. The molecule has 128 valence electrons. The summed E-state index contributed by atoms with van der Waals surface area (Å²) >= 11 is 0. The molecule has 0 aliphatic rings. The molecule has 0 saturated carbocycles. The number of carbonyl (C=O) groups is 1. The van der Waals surface area contributed by atoms with E-state index in [2.05, 4.69) is 0 Å². The van der Waals surface area contributed by atoms with Crippen molar-refractivity contribution >= 4 is 16.9 Å². The average Bonchev–Trinajstić information content (AvgIpc) is 2.54. The van der Waals surface area contributed by atoms with E-state index in [1.807, 2.05) is 0 Å². The van der Waals surface area contributed by atoms with E-state index in [-0.39, 0.29) is 0 Å². The number of nitrogens with zero attached hydrogens (tertiary/aromatic N) is 1. The normalized spacial score (nSPS) is 11.1. The summed E-state index contributed by atoms with van der Waals surface area (Å²) in [5, 5.41) is 8.27. The van der Waals surface area contributed by atoms with Crippen molar-refractivity contribution in [3.05, 3.63) is 75.3 Å². The number of aromatic carboxylic acids is 1. The Balaban J connectivity index is 2.57. The van der Waals surface area contributed by atoms with Gasteiger partial charge in [-0.1, -0.05) is 0 Å². The number of fused-ring (bicyclic) bond motifs is 1. The molecule has 1 N–H and O–H groups in total. The zero-order valence-electron chi connectivity index (χ0n) is 12.0. The molecule has 25 heavy (non-hydrogen) atoms. The van der Waals surface area contributed by atoms with Crippen LogP contribution in [0.3, 0.4) is 0 Å². The van der Waals surface area contributed by atoms with Crippen molar-refractivity contribution < 1.29 is 31.9 Å². The smallest absolute Gasteiger partial charge is 0.341 e. The number of benzene rings is 2. The Bertz CT molecular complexity index is 1110. The van der Waals surface area contributed by atoms with E-state index in [4.69, 9.17) is 5.11 Å².